The van der Waals surface area contributed by atoms with Gasteiger partial charge in [-0.25, -0.2) is 22.7 Å². The van der Waals surface area contributed by atoms with Gasteiger partial charge in [-0.05, 0) is 63.0 Å². The first-order valence-electron chi connectivity index (χ1n) is 21.7. The van der Waals surface area contributed by atoms with E-state index in [4.69, 9.17) is 14.5 Å². The summed E-state index contributed by atoms with van der Waals surface area (Å²) < 4.78 is 60.4. The summed E-state index contributed by atoms with van der Waals surface area (Å²) in [5.41, 5.74) is 2.08. The van der Waals surface area contributed by atoms with Gasteiger partial charge in [0.1, 0.15) is 24.2 Å². The van der Waals surface area contributed by atoms with Crippen molar-refractivity contribution in [1.29, 1.82) is 0 Å². The number of hydrogen-bond acceptors (Lipinski definition) is 11. The van der Waals surface area contributed by atoms with Gasteiger partial charge in [0, 0.05) is 57.4 Å². The molecule has 4 aromatic heterocycles. The zero-order valence-corrected chi connectivity index (χ0v) is 34.8. The molecule has 8 heterocycles. The average molecular weight is 868 g/mol. The molecule has 3 amide bonds. The highest BCUT2D eigenvalue weighted by molar-refractivity contribution is 6.08. The van der Waals surface area contributed by atoms with Crippen LogP contribution in [-0.2, 0) is 26.1 Å². The van der Waals surface area contributed by atoms with Crippen LogP contribution in [0.4, 0.5) is 24.7 Å². The molecule has 0 spiro atoms. The van der Waals surface area contributed by atoms with E-state index in [1.807, 2.05) is 24.3 Å². The van der Waals surface area contributed by atoms with Gasteiger partial charge in [-0.15, -0.1) is 0 Å². The van der Waals surface area contributed by atoms with Gasteiger partial charge in [0.15, 0.2) is 11.3 Å². The third kappa shape index (κ3) is 8.15. The summed E-state index contributed by atoms with van der Waals surface area (Å²) >= 11 is 0. The van der Waals surface area contributed by atoms with E-state index in [2.05, 4.69) is 47.6 Å². The molecule has 16 nitrogen and oxygen atoms in total. The molecule has 5 aliphatic rings. The number of aromatic nitrogens is 7. The molecule has 330 valence electrons. The number of morpholine rings is 1. The summed E-state index contributed by atoms with van der Waals surface area (Å²) in [4.78, 5) is 46.8. The molecule has 1 aliphatic carbocycles. The Bertz CT molecular complexity index is 2630. The van der Waals surface area contributed by atoms with Crippen molar-refractivity contribution in [2.24, 2.45) is 13.0 Å². The lowest BCUT2D eigenvalue weighted by atomic mass is 9.85. The van der Waals surface area contributed by atoms with Gasteiger partial charge in [-0.2, -0.15) is 15.3 Å². The number of rotatable bonds is 10. The topological polar surface area (TPSA) is 166 Å². The highest BCUT2D eigenvalue weighted by Gasteiger charge is 2.40. The van der Waals surface area contributed by atoms with Crippen molar-refractivity contribution in [1.82, 2.24) is 44.4 Å². The minimum absolute atomic E-state index is 0.0434. The Morgan fingerprint density at radius 1 is 1.08 bits per heavy atom. The zero-order valence-electron chi connectivity index (χ0n) is 34.8. The number of piperidine rings is 2. The number of likely N-dealkylation sites (tertiary alicyclic amines) is 1. The number of amides is 3. The zero-order chi connectivity index (χ0) is 43.4. The largest absolute Gasteiger partial charge is 0.374 e. The maximum atomic E-state index is 15.5. The Morgan fingerprint density at radius 2 is 1.94 bits per heavy atom. The van der Waals surface area contributed by atoms with Gasteiger partial charge < -0.3 is 19.7 Å². The van der Waals surface area contributed by atoms with E-state index in [9.17, 15) is 23.2 Å². The standard InChI is InChI=1S/C44H48F3N11O5/c1-54-40-26(4-2-6-30(40)38(52-54)31-11-12-37(59)51-43(31)60)5-3-17-62-35-13-15-55(22-33(35)45)20-25-7-9-27(10-8-25)58-23-34(39(53-58)41(46)47)49-44(61)32-19-48-57-16-14-36(50-42(32)57)56-21-29-18-28(56)24-63-29/h2,4,6,14,16,19,23,25,27-29,31,33,35,41H,7-13,15,17-18,20-22,24H2,1H3,(H,49,61)(H,51,59,60)/t25?,27?,28-,29-,31?,33+,35+/m1/s1. The number of carbonyl (C=O) groups excluding carboxylic acids is 3. The van der Waals surface area contributed by atoms with Crippen LogP contribution in [0.25, 0.3) is 16.6 Å². The monoisotopic (exact) mass is 867 g/mol. The highest BCUT2D eigenvalue weighted by atomic mass is 19.3. The molecule has 5 atom stereocenters. The van der Waals surface area contributed by atoms with Crippen molar-refractivity contribution in [2.45, 2.75) is 94.2 Å². The predicted octanol–water partition coefficient (Wildman–Crippen LogP) is 4.71. The highest BCUT2D eigenvalue weighted by Crippen LogP contribution is 2.37. The Labute approximate surface area is 360 Å². The summed E-state index contributed by atoms with van der Waals surface area (Å²) in [6, 6.07) is 7.59. The average Bonchev–Trinajstić information content (AvgIpc) is 4.13. The number of halogens is 3. The second kappa shape index (κ2) is 17.0. The number of imide groups is 1. The van der Waals surface area contributed by atoms with E-state index in [1.54, 1.807) is 22.6 Å². The van der Waals surface area contributed by atoms with Gasteiger partial charge in [0.05, 0.1) is 65.5 Å². The molecule has 2 bridgehead atoms. The Kier molecular flexibility index (Phi) is 11.1. The van der Waals surface area contributed by atoms with E-state index in [-0.39, 0.29) is 60.8 Å². The number of alkyl halides is 3. The lowest BCUT2D eigenvalue weighted by Crippen LogP contribution is -2.47. The van der Waals surface area contributed by atoms with Crippen LogP contribution >= 0.6 is 0 Å². The first-order chi connectivity index (χ1) is 30.6. The van der Waals surface area contributed by atoms with Crippen LogP contribution in [0.1, 0.15) is 97.1 Å². The van der Waals surface area contributed by atoms with Crippen molar-refractivity contribution in [3.05, 3.63) is 65.4 Å². The van der Waals surface area contributed by atoms with Crippen LogP contribution < -0.4 is 15.5 Å². The molecule has 1 unspecified atom stereocenters. The first kappa shape index (κ1) is 41.2. The van der Waals surface area contributed by atoms with Crippen molar-refractivity contribution >= 4 is 45.8 Å². The van der Waals surface area contributed by atoms with Crippen molar-refractivity contribution < 1.29 is 37.0 Å². The normalized spacial score (nSPS) is 26.4. The molecule has 63 heavy (non-hydrogen) atoms. The number of nitrogens with zero attached hydrogens (tertiary/aromatic N) is 9. The molecule has 5 aromatic rings. The van der Waals surface area contributed by atoms with Gasteiger partial charge >= 0.3 is 0 Å². The number of anilines is 2. The second-order valence-electron chi connectivity index (χ2n) is 17.4. The molecule has 19 heteroatoms. The quantitative estimate of drug-likeness (QED) is 0.148. The minimum Gasteiger partial charge on any atom is -0.374 e. The Morgan fingerprint density at radius 3 is 2.70 bits per heavy atom. The van der Waals surface area contributed by atoms with E-state index >= 15 is 4.39 Å². The third-order valence-electron chi connectivity index (χ3n) is 13.3. The van der Waals surface area contributed by atoms with Crippen LogP contribution in [-0.4, -0.2) is 121 Å². The molecule has 4 aliphatic heterocycles. The second-order valence-corrected chi connectivity index (χ2v) is 17.4. The predicted molar refractivity (Wildman–Crippen MR) is 223 cm³/mol. The smallest absolute Gasteiger partial charge is 0.284 e. The Hall–Kier alpha value is -5.84. The number of nitrogens with one attached hydrogen (secondary N) is 2. The summed E-state index contributed by atoms with van der Waals surface area (Å²) in [7, 11) is 1.79. The summed E-state index contributed by atoms with van der Waals surface area (Å²) in [6.07, 6.45) is 5.38. The fourth-order valence-electron chi connectivity index (χ4n) is 10.1. The van der Waals surface area contributed by atoms with E-state index in [0.717, 1.165) is 43.3 Å². The maximum absolute atomic E-state index is 15.5. The number of carbonyl (C=O) groups is 3. The number of benzene rings is 1. The van der Waals surface area contributed by atoms with Crippen molar-refractivity contribution in [2.75, 3.05) is 49.6 Å². The fraction of sp³-hybridized carbons (Fsp3) is 0.523. The van der Waals surface area contributed by atoms with Crippen LogP contribution in [0, 0.1) is 17.8 Å². The number of hydrogen-bond donors (Lipinski definition) is 2. The SMILES string of the molecule is Cn1nc(C2CCC(=O)NC2=O)c2cccc(C#CCO[C@H]3CCN(CC4CCC(n5cc(NC(=O)c6cnn7ccc(N8C[C@H]9C[C@@H]8CO9)nc67)c(C(F)F)n5)CC4)C[C@@H]3F)c21. The number of ether oxygens (including phenoxy) is 2. The molecule has 10 rings (SSSR count). The van der Waals surface area contributed by atoms with Gasteiger partial charge in [0.2, 0.25) is 11.8 Å². The van der Waals surface area contributed by atoms with Crippen LogP contribution in [0.15, 0.2) is 42.9 Å². The van der Waals surface area contributed by atoms with Crippen LogP contribution in [0.5, 0.6) is 0 Å². The lowest BCUT2D eigenvalue weighted by Gasteiger charge is -2.38. The minimum atomic E-state index is -2.89. The molecule has 1 saturated carbocycles. The molecular weight excluding hydrogens is 820 g/mol. The summed E-state index contributed by atoms with van der Waals surface area (Å²) in [6.45, 7) is 3.10. The molecule has 4 saturated heterocycles. The fourth-order valence-corrected chi connectivity index (χ4v) is 10.1. The Balaban J connectivity index is 0.706. The van der Waals surface area contributed by atoms with Crippen LogP contribution in [0.3, 0.4) is 0 Å². The van der Waals surface area contributed by atoms with E-state index < -0.39 is 36.2 Å². The van der Waals surface area contributed by atoms with Crippen molar-refractivity contribution in [3.8, 4) is 11.8 Å². The van der Waals surface area contributed by atoms with E-state index in [0.29, 0.717) is 67.5 Å². The molecule has 0 radical (unpaired) electrons. The molecule has 1 aromatic carbocycles. The lowest BCUT2D eigenvalue weighted by molar-refractivity contribution is -0.134. The number of aryl methyl sites for hydroxylation is 1. The maximum Gasteiger partial charge on any atom is 0.284 e. The number of fused-ring (bicyclic) bond motifs is 4. The summed E-state index contributed by atoms with van der Waals surface area (Å²) in [5.74, 6) is 5.48. The van der Waals surface area contributed by atoms with Gasteiger partial charge in [-0.3, -0.25) is 34.0 Å². The molecule has 2 N–H and O–H groups in total. The third-order valence-corrected chi connectivity index (χ3v) is 13.3. The van der Waals surface area contributed by atoms with Crippen molar-refractivity contribution in [3.63, 3.8) is 0 Å². The van der Waals surface area contributed by atoms with E-state index in [1.165, 1.54) is 16.9 Å². The first-order valence-corrected chi connectivity index (χ1v) is 21.7. The molecule has 5 fully saturated rings. The number of para-hydroxylation sites is 1. The van der Waals surface area contributed by atoms with Crippen LogP contribution in [0.2, 0.25) is 0 Å². The molecular formula is C44H48F3N11O5. The van der Waals surface area contributed by atoms with Gasteiger partial charge in [-0.1, -0.05) is 24.0 Å². The summed E-state index contributed by atoms with van der Waals surface area (Å²) in [5, 5.41) is 19.0. The van der Waals surface area contributed by atoms with Gasteiger partial charge in [0.25, 0.3) is 12.3 Å².